The van der Waals surface area contributed by atoms with E-state index in [1.165, 1.54) is 10.6 Å². The molecule has 1 N–H and O–H groups in total. The van der Waals surface area contributed by atoms with E-state index in [-0.39, 0.29) is 5.54 Å². The molecule has 2 aromatic heterocycles. The lowest BCUT2D eigenvalue weighted by Crippen LogP contribution is -2.34. The third-order valence-corrected chi connectivity index (χ3v) is 4.24. The highest BCUT2D eigenvalue weighted by molar-refractivity contribution is 7.09. The topological polar surface area (TPSA) is 29.9 Å². The maximum atomic E-state index is 4.68. The van der Waals surface area contributed by atoms with E-state index in [2.05, 4.69) is 73.3 Å². The van der Waals surface area contributed by atoms with Crippen molar-refractivity contribution < 1.29 is 0 Å². The molecule has 2 rings (SSSR count). The zero-order valence-corrected chi connectivity index (χ0v) is 13.9. The lowest BCUT2D eigenvalue weighted by Gasteiger charge is -2.19. The highest BCUT2D eigenvalue weighted by atomic mass is 32.1. The second-order valence-electron chi connectivity index (χ2n) is 6.63. The Morgan fingerprint density at radius 1 is 1.35 bits per heavy atom. The molecule has 0 amide bonds. The van der Waals surface area contributed by atoms with E-state index in [0.717, 1.165) is 18.8 Å². The first-order valence-electron chi connectivity index (χ1n) is 7.17. The molecule has 0 aliphatic carbocycles. The quantitative estimate of drug-likeness (QED) is 0.902. The molecule has 2 aromatic rings. The highest BCUT2D eigenvalue weighted by Crippen LogP contribution is 2.19. The Morgan fingerprint density at radius 3 is 2.70 bits per heavy atom. The Bertz CT molecular complexity index is 546. The minimum absolute atomic E-state index is 0.156. The normalized spacial score (nSPS) is 12.3. The van der Waals surface area contributed by atoms with Crippen LogP contribution in [0.15, 0.2) is 23.8 Å². The van der Waals surface area contributed by atoms with Crippen LogP contribution in [-0.4, -0.2) is 15.1 Å². The summed E-state index contributed by atoms with van der Waals surface area (Å²) in [5.41, 5.74) is 2.63. The summed E-state index contributed by atoms with van der Waals surface area (Å²) in [7, 11) is 0. The van der Waals surface area contributed by atoms with Crippen LogP contribution < -0.4 is 5.32 Å². The standard InChI is InChI=1S/C16H25N3S/c1-12(2)15-18-14(11-20-15)10-19-7-6-13(9-19)8-17-16(3,4)5/h6-7,9,11-12,17H,8,10H2,1-5H3. The van der Waals surface area contributed by atoms with E-state index < -0.39 is 0 Å². The van der Waals surface area contributed by atoms with Crippen molar-refractivity contribution >= 4 is 11.3 Å². The summed E-state index contributed by atoms with van der Waals surface area (Å²) in [6, 6.07) is 2.18. The minimum Gasteiger partial charge on any atom is -0.348 e. The van der Waals surface area contributed by atoms with Gasteiger partial charge in [0.25, 0.3) is 0 Å². The highest BCUT2D eigenvalue weighted by Gasteiger charge is 2.09. The fourth-order valence-corrected chi connectivity index (χ4v) is 2.73. The van der Waals surface area contributed by atoms with Gasteiger partial charge in [-0.3, -0.25) is 0 Å². The van der Waals surface area contributed by atoms with Crippen molar-refractivity contribution in [3.8, 4) is 0 Å². The third kappa shape index (κ3) is 4.46. The first-order chi connectivity index (χ1) is 9.33. The van der Waals surface area contributed by atoms with Crippen molar-refractivity contribution in [1.29, 1.82) is 0 Å². The number of hydrogen-bond donors (Lipinski definition) is 1. The Balaban J connectivity index is 1.95. The summed E-state index contributed by atoms with van der Waals surface area (Å²) in [6.07, 6.45) is 4.33. The molecule has 3 nitrogen and oxygen atoms in total. The van der Waals surface area contributed by atoms with E-state index in [1.54, 1.807) is 11.3 Å². The Labute approximate surface area is 126 Å². The van der Waals surface area contributed by atoms with E-state index in [1.807, 2.05) is 0 Å². The van der Waals surface area contributed by atoms with Gasteiger partial charge in [0.15, 0.2) is 0 Å². The average Bonchev–Trinajstić information content (AvgIpc) is 2.95. The van der Waals surface area contributed by atoms with Crippen LogP contribution in [0.25, 0.3) is 0 Å². The molecular formula is C16H25N3S. The van der Waals surface area contributed by atoms with E-state index >= 15 is 0 Å². The van der Waals surface area contributed by atoms with Gasteiger partial charge in [0.05, 0.1) is 17.2 Å². The Morgan fingerprint density at radius 2 is 2.10 bits per heavy atom. The van der Waals surface area contributed by atoms with Crippen LogP contribution in [0.5, 0.6) is 0 Å². The molecule has 2 heterocycles. The van der Waals surface area contributed by atoms with Crippen LogP contribution in [0.3, 0.4) is 0 Å². The van der Waals surface area contributed by atoms with Gasteiger partial charge < -0.3 is 9.88 Å². The van der Waals surface area contributed by atoms with Gasteiger partial charge in [-0.1, -0.05) is 13.8 Å². The second-order valence-corrected chi connectivity index (χ2v) is 7.52. The van der Waals surface area contributed by atoms with Gasteiger partial charge in [-0.25, -0.2) is 4.98 Å². The van der Waals surface area contributed by atoms with Crippen molar-refractivity contribution in [2.45, 2.75) is 59.2 Å². The third-order valence-electron chi connectivity index (χ3n) is 3.04. The maximum absolute atomic E-state index is 4.68. The van der Waals surface area contributed by atoms with Crippen molar-refractivity contribution in [3.05, 3.63) is 40.1 Å². The number of nitrogens with one attached hydrogen (secondary N) is 1. The Hall–Kier alpha value is -1.13. The summed E-state index contributed by atoms with van der Waals surface area (Å²) in [5, 5.41) is 6.90. The van der Waals surface area contributed by atoms with Crippen molar-refractivity contribution in [3.63, 3.8) is 0 Å². The van der Waals surface area contributed by atoms with Crippen LogP contribution in [-0.2, 0) is 13.1 Å². The smallest absolute Gasteiger partial charge is 0.0954 e. The number of rotatable bonds is 5. The fourth-order valence-electron chi connectivity index (χ4n) is 1.91. The molecule has 20 heavy (non-hydrogen) atoms. The lowest BCUT2D eigenvalue weighted by atomic mass is 10.1. The van der Waals surface area contributed by atoms with Gasteiger partial charge in [0, 0.05) is 35.8 Å². The minimum atomic E-state index is 0.156. The molecule has 0 bridgehead atoms. The van der Waals surface area contributed by atoms with Gasteiger partial charge in [0.1, 0.15) is 0 Å². The summed E-state index contributed by atoms with van der Waals surface area (Å²) in [5.74, 6) is 0.518. The molecule has 110 valence electrons. The molecule has 0 aromatic carbocycles. The van der Waals surface area contributed by atoms with E-state index in [0.29, 0.717) is 5.92 Å². The summed E-state index contributed by atoms with van der Waals surface area (Å²) in [4.78, 5) is 4.68. The molecule has 0 fully saturated rings. The molecule has 4 heteroatoms. The zero-order chi connectivity index (χ0) is 14.8. The number of aromatic nitrogens is 2. The van der Waals surface area contributed by atoms with Gasteiger partial charge in [0.2, 0.25) is 0 Å². The summed E-state index contributed by atoms with van der Waals surface area (Å²) in [6.45, 7) is 12.7. The monoisotopic (exact) mass is 291 g/mol. The lowest BCUT2D eigenvalue weighted by molar-refractivity contribution is 0.424. The summed E-state index contributed by atoms with van der Waals surface area (Å²) >= 11 is 1.76. The molecule has 0 aliphatic rings. The first-order valence-corrected chi connectivity index (χ1v) is 8.05. The fraction of sp³-hybridized carbons (Fsp3) is 0.562. The van der Waals surface area contributed by atoms with Gasteiger partial charge in [-0.05, 0) is 32.4 Å². The maximum Gasteiger partial charge on any atom is 0.0954 e. The zero-order valence-electron chi connectivity index (χ0n) is 13.1. The molecule has 0 atom stereocenters. The predicted octanol–water partition coefficient (Wildman–Crippen LogP) is 4.00. The number of thiazole rings is 1. The largest absolute Gasteiger partial charge is 0.348 e. The first kappa shape index (κ1) is 15.3. The number of hydrogen-bond acceptors (Lipinski definition) is 3. The van der Waals surface area contributed by atoms with Crippen LogP contribution in [0.4, 0.5) is 0 Å². The van der Waals surface area contributed by atoms with Crippen LogP contribution >= 0.6 is 11.3 Å². The van der Waals surface area contributed by atoms with Gasteiger partial charge >= 0.3 is 0 Å². The predicted molar refractivity (Wildman–Crippen MR) is 86.3 cm³/mol. The molecule has 0 radical (unpaired) electrons. The van der Waals surface area contributed by atoms with Crippen LogP contribution in [0.2, 0.25) is 0 Å². The molecule has 0 saturated carbocycles. The van der Waals surface area contributed by atoms with E-state index in [9.17, 15) is 0 Å². The molecule has 0 unspecified atom stereocenters. The van der Waals surface area contributed by atoms with Crippen molar-refractivity contribution in [1.82, 2.24) is 14.9 Å². The second kappa shape index (κ2) is 6.10. The Kier molecular flexibility index (Phi) is 4.66. The SMILES string of the molecule is CC(C)c1nc(Cn2ccc(CNC(C)(C)C)c2)cs1. The van der Waals surface area contributed by atoms with Gasteiger partial charge in [-0.15, -0.1) is 11.3 Å². The van der Waals surface area contributed by atoms with Crippen molar-refractivity contribution in [2.24, 2.45) is 0 Å². The molecular weight excluding hydrogens is 266 g/mol. The molecule has 0 spiro atoms. The van der Waals surface area contributed by atoms with Crippen LogP contribution in [0.1, 0.15) is 56.8 Å². The number of nitrogens with zero attached hydrogens (tertiary/aromatic N) is 2. The van der Waals surface area contributed by atoms with Crippen LogP contribution in [0, 0.1) is 0 Å². The van der Waals surface area contributed by atoms with Gasteiger partial charge in [-0.2, -0.15) is 0 Å². The molecule has 0 aliphatic heterocycles. The molecule has 0 saturated heterocycles. The van der Waals surface area contributed by atoms with E-state index in [4.69, 9.17) is 0 Å². The average molecular weight is 291 g/mol. The van der Waals surface area contributed by atoms with Crippen molar-refractivity contribution in [2.75, 3.05) is 0 Å². The summed E-state index contributed by atoms with van der Waals surface area (Å²) < 4.78 is 2.21.